The van der Waals surface area contributed by atoms with Crippen LogP contribution in [-0.2, 0) is 4.79 Å². The van der Waals surface area contributed by atoms with E-state index >= 15 is 0 Å². The highest BCUT2D eigenvalue weighted by Crippen LogP contribution is 2.16. The largest absolute Gasteiger partial charge is 0.491 e. The Kier molecular flexibility index (Phi) is 8.75. The molecule has 0 bridgehead atoms. The fourth-order valence-electron chi connectivity index (χ4n) is 1.37. The van der Waals surface area contributed by atoms with Crippen LogP contribution in [0.15, 0.2) is 29.3 Å². The Morgan fingerprint density at radius 2 is 1.90 bits per heavy atom. The van der Waals surface area contributed by atoms with Crippen molar-refractivity contribution in [2.45, 2.75) is 20.0 Å². The minimum atomic E-state index is -0.101. The highest BCUT2D eigenvalue weighted by Gasteiger charge is 2.03. The molecule has 0 saturated heterocycles. The molecule has 7 heteroatoms. The second-order valence-electron chi connectivity index (χ2n) is 4.81. The standard InChI is InChI=1S/C14H22N4O2.HI/c1-10(2)20-12-7-5-11(6-8-12)17-14(15)16-9-13(19)18(3)4;/h5-8,10H,9H2,1-4H3,(H3,15,16,17);1H. The molecule has 0 aliphatic rings. The molecule has 0 heterocycles. The molecule has 1 amide bonds. The smallest absolute Gasteiger partial charge is 0.243 e. The first kappa shape index (κ1) is 19.5. The van der Waals surface area contributed by atoms with Crippen molar-refractivity contribution in [3.8, 4) is 5.75 Å². The summed E-state index contributed by atoms with van der Waals surface area (Å²) in [4.78, 5) is 16.8. The Morgan fingerprint density at radius 3 is 2.38 bits per heavy atom. The van der Waals surface area contributed by atoms with Gasteiger partial charge in [0, 0.05) is 19.8 Å². The van der Waals surface area contributed by atoms with E-state index in [-0.39, 0.29) is 48.5 Å². The minimum Gasteiger partial charge on any atom is -0.491 e. The number of ether oxygens (including phenoxy) is 1. The number of anilines is 1. The lowest BCUT2D eigenvalue weighted by Crippen LogP contribution is -2.28. The number of nitrogens with zero attached hydrogens (tertiary/aromatic N) is 2. The highest BCUT2D eigenvalue weighted by atomic mass is 127. The van der Waals surface area contributed by atoms with Crippen LogP contribution in [0.4, 0.5) is 5.69 Å². The lowest BCUT2D eigenvalue weighted by atomic mass is 10.3. The number of benzene rings is 1. The van der Waals surface area contributed by atoms with Crippen LogP contribution in [0.25, 0.3) is 0 Å². The lowest BCUT2D eigenvalue weighted by Gasteiger charge is -2.11. The summed E-state index contributed by atoms with van der Waals surface area (Å²) in [5.74, 6) is 0.900. The van der Waals surface area contributed by atoms with Gasteiger partial charge < -0.3 is 20.7 Å². The maximum Gasteiger partial charge on any atom is 0.243 e. The molecular weight excluding hydrogens is 383 g/mol. The first-order valence-corrected chi connectivity index (χ1v) is 6.42. The number of hydrogen-bond acceptors (Lipinski definition) is 3. The second-order valence-corrected chi connectivity index (χ2v) is 4.81. The van der Waals surface area contributed by atoms with Crippen molar-refractivity contribution in [2.75, 3.05) is 26.0 Å². The molecule has 1 aromatic rings. The zero-order valence-electron chi connectivity index (χ0n) is 12.8. The third kappa shape index (κ3) is 7.74. The number of nitrogens with two attached hydrogens (primary N) is 1. The number of likely N-dealkylation sites (N-methyl/N-ethyl adjacent to an activating group) is 1. The number of amides is 1. The summed E-state index contributed by atoms with van der Waals surface area (Å²) in [5, 5.41) is 2.92. The predicted octanol–water partition coefficient (Wildman–Crippen LogP) is 1.91. The Hall–Kier alpha value is -1.51. The van der Waals surface area contributed by atoms with Crippen LogP contribution < -0.4 is 15.8 Å². The molecule has 6 nitrogen and oxygen atoms in total. The molecule has 0 spiro atoms. The van der Waals surface area contributed by atoms with Gasteiger partial charge >= 0.3 is 0 Å². The predicted molar refractivity (Wildman–Crippen MR) is 96.4 cm³/mol. The molecule has 0 unspecified atom stereocenters. The van der Waals surface area contributed by atoms with E-state index in [0.29, 0.717) is 0 Å². The van der Waals surface area contributed by atoms with Crippen molar-refractivity contribution in [3.63, 3.8) is 0 Å². The van der Waals surface area contributed by atoms with Crippen LogP contribution in [0.3, 0.4) is 0 Å². The van der Waals surface area contributed by atoms with Gasteiger partial charge in [0.05, 0.1) is 6.10 Å². The van der Waals surface area contributed by atoms with Gasteiger partial charge in [0.25, 0.3) is 0 Å². The molecule has 0 fully saturated rings. The zero-order chi connectivity index (χ0) is 15.1. The van der Waals surface area contributed by atoms with Crippen molar-refractivity contribution in [2.24, 2.45) is 10.7 Å². The van der Waals surface area contributed by atoms with Crippen LogP contribution in [0.1, 0.15) is 13.8 Å². The van der Waals surface area contributed by atoms with Gasteiger partial charge in [-0.25, -0.2) is 4.99 Å². The van der Waals surface area contributed by atoms with Gasteiger partial charge in [0.1, 0.15) is 12.3 Å². The second kappa shape index (κ2) is 9.43. The molecule has 3 N–H and O–H groups in total. The van der Waals surface area contributed by atoms with Gasteiger partial charge in [-0.1, -0.05) is 0 Å². The third-order valence-corrected chi connectivity index (χ3v) is 2.38. The first-order chi connectivity index (χ1) is 9.38. The number of carbonyl (C=O) groups excluding carboxylic acids is 1. The van der Waals surface area contributed by atoms with E-state index in [1.54, 1.807) is 14.1 Å². The summed E-state index contributed by atoms with van der Waals surface area (Å²) in [6.07, 6.45) is 0.137. The normalized spacial score (nSPS) is 10.8. The average Bonchev–Trinajstić information content (AvgIpc) is 2.37. The Morgan fingerprint density at radius 1 is 1.33 bits per heavy atom. The van der Waals surface area contributed by atoms with Gasteiger partial charge in [0.15, 0.2) is 5.96 Å². The number of halogens is 1. The van der Waals surface area contributed by atoms with Gasteiger partial charge in [-0.05, 0) is 38.1 Å². The van der Waals surface area contributed by atoms with E-state index in [1.807, 2.05) is 38.1 Å². The molecule has 0 saturated carbocycles. The number of guanidine groups is 1. The Bertz CT molecular complexity index is 472. The van der Waals surface area contributed by atoms with Crippen LogP contribution in [0.2, 0.25) is 0 Å². The minimum absolute atomic E-state index is 0. The quantitative estimate of drug-likeness (QED) is 0.445. The van der Waals surface area contributed by atoms with Crippen molar-refractivity contribution in [1.82, 2.24) is 4.90 Å². The van der Waals surface area contributed by atoms with E-state index < -0.39 is 0 Å². The molecule has 1 aromatic carbocycles. The monoisotopic (exact) mass is 406 g/mol. The van der Waals surface area contributed by atoms with Crippen molar-refractivity contribution in [1.29, 1.82) is 0 Å². The van der Waals surface area contributed by atoms with Crippen molar-refractivity contribution in [3.05, 3.63) is 24.3 Å². The van der Waals surface area contributed by atoms with Crippen LogP contribution in [0.5, 0.6) is 5.75 Å². The summed E-state index contributed by atoms with van der Waals surface area (Å²) >= 11 is 0. The van der Waals surface area contributed by atoms with Crippen molar-refractivity contribution < 1.29 is 9.53 Å². The average molecular weight is 406 g/mol. The number of aliphatic imine (C=N–C) groups is 1. The maximum absolute atomic E-state index is 11.4. The van der Waals surface area contributed by atoms with Gasteiger partial charge in [-0.15, -0.1) is 24.0 Å². The van der Waals surface area contributed by atoms with E-state index in [0.717, 1.165) is 11.4 Å². The molecule has 21 heavy (non-hydrogen) atoms. The summed E-state index contributed by atoms with van der Waals surface area (Å²) in [6.45, 7) is 3.97. The van der Waals surface area contributed by atoms with Crippen LogP contribution in [-0.4, -0.2) is 43.5 Å². The summed E-state index contributed by atoms with van der Waals surface area (Å²) in [7, 11) is 3.35. The lowest BCUT2D eigenvalue weighted by molar-refractivity contribution is -0.127. The summed E-state index contributed by atoms with van der Waals surface area (Å²) < 4.78 is 5.54. The number of hydrogen-bond donors (Lipinski definition) is 2. The van der Waals surface area contributed by atoms with E-state index in [1.165, 1.54) is 4.90 Å². The van der Waals surface area contributed by atoms with E-state index in [2.05, 4.69) is 10.3 Å². The molecular formula is C14H23IN4O2. The number of carbonyl (C=O) groups is 1. The van der Waals surface area contributed by atoms with Gasteiger partial charge in [-0.2, -0.15) is 0 Å². The first-order valence-electron chi connectivity index (χ1n) is 6.42. The van der Waals surface area contributed by atoms with Crippen LogP contribution >= 0.6 is 24.0 Å². The highest BCUT2D eigenvalue weighted by molar-refractivity contribution is 14.0. The Balaban J connectivity index is 0.00000400. The molecule has 0 aliphatic carbocycles. The van der Waals surface area contributed by atoms with Gasteiger partial charge in [-0.3, -0.25) is 4.79 Å². The fraction of sp³-hybridized carbons (Fsp3) is 0.429. The summed E-state index contributed by atoms with van der Waals surface area (Å²) in [5.41, 5.74) is 6.50. The van der Waals surface area contributed by atoms with Gasteiger partial charge in [0.2, 0.25) is 5.91 Å². The SMILES string of the molecule is CC(C)Oc1ccc(NC(N)=NCC(=O)N(C)C)cc1.I. The fourth-order valence-corrected chi connectivity index (χ4v) is 1.37. The zero-order valence-corrected chi connectivity index (χ0v) is 15.1. The van der Waals surface area contributed by atoms with Crippen molar-refractivity contribution >= 4 is 41.5 Å². The topological polar surface area (TPSA) is 80.0 Å². The molecule has 1 rings (SSSR count). The molecule has 0 aliphatic heterocycles. The number of nitrogens with one attached hydrogen (secondary N) is 1. The Labute approximate surface area is 142 Å². The number of rotatable bonds is 5. The molecule has 0 atom stereocenters. The molecule has 118 valence electrons. The van der Waals surface area contributed by atoms with Crippen LogP contribution in [0, 0.1) is 0 Å². The third-order valence-electron chi connectivity index (χ3n) is 2.38. The van der Waals surface area contributed by atoms with E-state index in [4.69, 9.17) is 10.5 Å². The molecule has 0 aromatic heterocycles. The summed E-state index contributed by atoms with van der Waals surface area (Å²) in [6, 6.07) is 7.38. The maximum atomic E-state index is 11.4. The van der Waals surface area contributed by atoms with E-state index in [9.17, 15) is 4.79 Å². The molecule has 0 radical (unpaired) electrons.